The molecule has 0 aromatic carbocycles. The number of primary amides is 1. The van der Waals surface area contributed by atoms with Crippen LogP contribution in [-0.2, 0) is 23.9 Å². The average Bonchev–Trinajstić information content (AvgIpc) is 3.34. The fourth-order valence-electron chi connectivity index (χ4n) is 5.51. The molecule has 4 amide bonds. The number of piperidine rings is 1. The number of likely N-dealkylation sites (tertiary alicyclic amines) is 1. The quantitative estimate of drug-likeness (QED) is 0.467. The molecule has 0 aliphatic carbocycles. The maximum Gasteiger partial charge on any atom is 0.471 e. The fourth-order valence-corrected chi connectivity index (χ4v) is 5.51. The summed E-state index contributed by atoms with van der Waals surface area (Å²) in [5, 5.41) is 14.4. The summed E-state index contributed by atoms with van der Waals surface area (Å²) in [7, 11) is 0. The summed E-state index contributed by atoms with van der Waals surface area (Å²) in [5.74, 6) is -6.22. The standard InChI is InChI=1S/C23H32F3N5O5/c1-22(2,3)17(30-21(35)23(24,25)26)20(34)31-9-13-14(15(31)18(28)32)10-36-16(13)12(8-27)7-11-5-4-6-29-19(11)33/h11-17H,4-7,9-10H2,1-3H3,(H2,28,32)(H,29,33)(H,30,35)/t11-,12-,13?,14?,15?,16?,17+/m0/s1. The number of fused-ring (bicyclic) bond motifs is 1. The van der Waals surface area contributed by atoms with Crippen LogP contribution in [0.3, 0.4) is 0 Å². The van der Waals surface area contributed by atoms with E-state index in [4.69, 9.17) is 10.5 Å². The van der Waals surface area contributed by atoms with Crippen molar-refractivity contribution in [2.24, 2.45) is 34.8 Å². The van der Waals surface area contributed by atoms with Crippen LogP contribution >= 0.6 is 0 Å². The van der Waals surface area contributed by atoms with Crippen LogP contribution in [0.5, 0.6) is 0 Å². The van der Waals surface area contributed by atoms with Gasteiger partial charge in [-0.3, -0.25) is 19.2 Å². The molecular formula is C23H32F3N5O5. The fraction of sp³-hybridized carbons (Fsp3) is 0.783. The maximum absolute atomic E-state index is 13.5. The smallest absolute Gasteiger partial charge is 0.376 e. The third-order valence-corrected chi connectivity index (χ3v) is 7.32. The molecule has 0 radical (unpaired) electrons. The molecular weight excluding hydrogens is 483 g/mol. The summed E-state index contributed by atoms with van der Waals surface area (Å²) in [5.41, 5.74) is 4.50. The van der Waals surface area contributed by atoms with Gasteiger partial charge in [0, 0.05) is 30.8 Å². The molecule has 3 aliphatic rings. The Hall–Kier alpha value is -2.88. The second-order valence-electron chi connectivity index (χ2n) is 10.8. The van der Waals surface area contributed by atoms with E-state index in [9.17, 15) is 37.6 Å². The van der Waals surface area contributed by atoms with Crippen molar-refractivity contribution < 1.29 is 37.1 Å². The number of hydrogen-bond donors (Lipinski definition) is 3. The molecule has 7 atom stereocenters. The lowest BCUT2D eigenvalue weighted by Gasteiger charge is -2.36. The zero-order valence-electron chi connectivity index (χ0n) is 20.4. The Morgan fingerprint density at radius 1 is 1.28 bits per heavy atom. The number of rotatable bonds is 6. The van der Waals surface area contributed by atoms with Crippen LogP contribution in [0.25, 0.3) is 0 Å². The number of hydrogen-bond acceptors (Lipinski definition) is 6. The van der Waals surface area contributed by atoms with E-state index < -0.39 is 65.3 Å². The second-order valence-corrected chi connectivity index (χ2v) is 10.8. The van der Waals surface area contributed by atoms with E-state index >= 15 is 0 Å². The molecule has 0 saturated carbocycles. The Morgan fingerprint density at radius 3 is 2.47 bits per heavy atom. The minimum Gasteiger partial charge on any atom is -0.376 e. The number of carbonyl (C=O) groups is 4. The van der Waals surface area contributed by atoms with Crippen LogP contribution in [0, 0.1) is 40.4 Å². The molecule has 0 aromatic heterocycles. The first-order valence-corrected chi connectivity index (χ1v) is 11.9. The largest absolute Gasteiger partial charge is 0.471 e. The van der Waals surface area contributed by atoms with E-state index in [0.717, 1.165) is 11.3 Å². The molecule has 3 rings (SSSR count). The molecule has 200 valence electrons. The Balaban J connectivity index is 1.84. The van der Waals surface area contributed by atoms with E-state index in [2.05, 4.69) is 11.4 Å². The van der Waals surface area contributed by atoms with Crippen LogP contribution in [0.15, 0.2) is 0 Å². The van der Waals surface area contributed by atoms with Gasteiger partial charge in [0.05, 0.1) is 24.7 Å². The van der Waals surface area contributed by atoms with Crippen LogP contribution in [-0.4, -0.2) is 72.6 Å². The monoisotopic (exact) mass is 515 g/mol. The highest BCUT2D eigenvalue weighted by Gasteiger charge is 2.57. The number of amides is 4. The zero-order valence-corrected chi connectivity index (χ0v) is 20.4. The van der Waals surface area contributed by atoms with Gasteiger partial charge in [-0.15, -0.1) is 0 Å². The van der Waals surface area contributed by atoms with E-state index in [0.29, 0.717) is 13.0 Å². The van der Waals surface area contributed by atoms with Gasteiger partial charge in [0.2, 0.25) is 17.7 Å². The minimum absolute atomic E-state index is 0.0247. The molecule has 4 unspecified atom stereocenters. The lowest BCUT2D eigenvalue weighted by Crippen LogP contribution is -2.59. The highest BCUT2D eigenvalue weighted by Crippen LogP contribution is 2.43. The van der Waals surface area contributed by atoms with E-state index in [1.54, 1.807) is 5.32 Å². The number of ether oxygens (including phenoxy) is 1. The number of nitrogens with two attached hydrogens (primary N) is 1. The van der Waals surface area contributed by atoms with Crippen LogP contribution < -0.4 is 16.4 Å². The summed E-state index contributed by atoms with van der Waals surface area (Å²) in [6, 6.07) is -0.553. The number of alkyl halides is 3. The van der Waals surface area contributed by atoms with Crippen molar-refractivity contribution >= 4 is 23.6 Å². The van der Waals surface area contributed by atoms with Crippen molar-refractivity contribution in [1.29, 1.82) is 5.26 Å². The molecule has 3 heterocycles. The molecule has 10 nitrogen and oxygen atoms in total. The second kappa shape index (κ2) is 10.2. The van der Waals surface area contributed by atoms with Gasteiger partial charge in [-0.1, -0.05) is 20.8 Å². The minimum atomic E-state index is -5.20. The summed E-state index contributed by atoms with van der Waals surface area (Å²) in [6.07, 6.45) is -4.22. The molecule has 3 fully saturated rings. The number of nitriles is 1. The maximum atomic E-state index is 13.5. The first kappa shape index (κ1) is 27.7. The van der Waals surface area contributed by atoms with Crippen molar-refractivity contribution in [3.8, 4) is 6.07 Å². The van der Waals surface area contributed by atoms with Crippen LogP contribution in [0.4, 0.5) is 13.2 Å². The summed E-state index contributed by atoms with van der Waals surface area (Å²) < 4.78 is 44.7. The van der Waals surface area contributed by atoms with Crippen LogP contribution in [0.1, 0.15) is 40.0 Å². The average molecular weight is 516 g/mol. The van der Waals surface area contributed by atoms with Gasteiger partial charge < -0.3 is 26.0 Å². The van der Waals surface area contributed by atoms with Gasteiger partial charge in [0.15, 0.2) is 0 Å². The summed E-state index contributed by atoms with van der Waals surface area (Å²) in [4.78, 5) is 50.9. The third-order valence-electron chi connectivity index (χ3n) is 7.32. The number of carbonyl (C=O) groups excluding carboxylic acids is 4. The third kappa shape index (κ3) is 5.58. The number of nitrogens with one attached hydrogen (secondary N) is 2. The van der Waals surface area contributed by atoms with E-state index in [-0.39, 0.29) is 31.4 Å². The van der Waals surface area contributed by atoms with Gasteiger partial charge in [-0.05, 0) is 24.7 Å². The first-order chi connectivity index (χ1) is 16.7. The lowest BCUT2D eigenvalue weighted by molar-refractivity contribution is -0.176. The SMILES string of the molecule is CC(C)(C)[C@H](NC(=O)C(F)(F)F)C(=O)N1CC2C(COC2[C@H](C#N)C[C@@H]2CCCNC2=O)C1C(N)=O. The van der Waals surface area contributed by atoms with Crippen molar-refractivity contribution in [1.82, 2.24) is 15.5 Å². The molecule has 0 spiro atoms. The van der Waals surface area contributed by atoms with Crippen molar-refractivity contribution in [3.63, 3.8) is 0 Å². The van der Waals surface area contributed by atoms with E-state index in [1.165, 1.54) is 20.8 Å². The van der Waals surface area contributed by atoms with Gasteiger partial charge in [-0.2, -0.15) is 18.4 Å². The molecule has 36 heavy (non-hydrogen) atoms. The van der Waals surface area contributed by atoms with Crippen molar-refractivity contribution in [3.05, 3.63) is 0 Å². The van der Waals surface area contributed by atoms with Crippen LogP contribution in [0.2, 0.25) is 0 Å². The Labute approximate surface area is 207 Å². The van der Waals surface area contributed by atoms with Crippen molar-refractivity contribution in [2.45, 2.75) is 64.4 Å². The highest BCUT2D eigenvalue weighted by molar-refractivity contribution is 5.94. The first-order valence-electron chi connectivity index (χ1n) is 11.9. The lowest BCUT2D eigenvalue weighted by atomic mass is 9.79. The van der Waals surface area contributed by atoms with Gasteiger partial charge in [0.25, 0.3) is 0 Å². The Morgan fingerprint density at radius 2 is 1.94 bits per heavy atom. The molecule has 3 saturated heterocycles. The molecule has 13 heteroatoms. The predicted octanol–water partition coefficient (Wildman–Crippen LogP) is 0.463. The summed E-state index contributed by atoms with van der Waals surface area (Å²) >= 11 is 0. The molecule has 0 aromatic rings. The number of nitrogens with zero attached hydrogens (tertiary/aromatic N) is 2. The Bertz CT molecular complexity index is 944. The van der Waals surface area contributed by atoms with Gasteiger partial charge >= 0.3 is 12.1 Å². The predicted molar refractivity (Wildman–Crippen MR) is 118 cm³/mol. The number of halogens is 3. The molecule has 0 bridgehead atoms. The topological polar surface area (TPSA) is 155 Å². The van der Waals surface area contributed by atoms with Gasteiger partial charge in [-0.25, -0.2) is 0 Å². The summed E-state index contributed by atoms with van der Waals surface area (Å²) in [6.45, 7) is 5.01. The van der Waals surface area contributed by atoms with Crippen molar-refractivity contribution in [2.75, 3.05) is 19.7 Å². The van der Waals surface area contributed by atoms with Gasteiger partial charge in [0.1, 0.15) is 12.1 Å². The zero-order chi connectivity index (χ0) is 27.0. The Kier molecular flexibility index (Phi) is 7.88. The highest BCUT2D eigenvalue weighted by atomic mass is 19.4. The molecule has 3 aliphatic heterocycles. The normalized spacial score (nSPS) is 30.1. The van der Waals surface area contributed by atoms with E-state index in [1.807, 2.05) is 0 Å². The molecule has 4 N–H and O–H groups in total.